The van der Waals surface area contributed by atoms with Crippen molar-refractivity contribution in [3.63, 3.8) is 0 Å². The molecule has 2 aromatic heterocycles. The van der Waals surface area contributed by atoms with E-state index in [1.165, 1.54) is 37.6 Å². The zero-order chi connectivity index (χ0) is 21.7. The first-order valence-electron chi connectivity index (χ1n) is 8.74. The van der Waals surface area contributed by atoms with Gasteiger partial charge < -0.3 is 14.5 Å². The Morgan fingerprint density at radius 3 is 2.60 bits per heavy atom. The number of pyridine rings is 1. The molecule has 0 aliphatic rings. The van der Waals surface area contributed by atoms with Gasteiger partial charge >= 0.3 is 5.97 Å². The van der Waals surface area contributed by atoms with E-state index in [0.717, 1.165) is 0 Å². The number of carbonyl (C=O) groups is 2. The first-order valence-corrected chi connectivity index (χ1v) is 10.8. The zero-order valence-corrected chi connectivity index (χ0v) is 17.3. The van der Waals surface area contributed by atoms with Crippen LogP contribution in [0.15, 0.2) is 70.3 Å². The zero-order valence-electron chi connectivity index (χ0n) is 15.7. The van der Waals surface area contributed by atoms with Gasteiger partial charge in [0.05, 0.1) is 22.6 Å². The van der Waals surface area contributed by atoms with Gasteiger partial charge in [-0.2, -0.15) is 0 Å². The number of halogens is 1. The van der Waals surface area contributed by atoms with Crippen LogP contribution in [0.4, 0.5) is 5.69 Å². The number of ether oxygens (including phenoxy) is 1. The number of amides is 1. The minimum absolute atomic E-state index is 0.0869. The molecule has 0 saturated heterocycles. The van der Waals surface area contributed by atoms with Crippen molar-refractivity contribution in [2.75, 3.05) is 5.32 Å². The van der Waals surface area contributed by atoms with E-state index in [4.69, 9.17) is 20.8 Å². The van der Waals surface area contributed by atoms with E-state index in [2.05, 4.69) is 10.3 Å². The summed E-state index contributed by atoms with van der Waals surface area (Å²) in [6.45, 7) is 1.36. The first kappa shape index (κ1) is 21.5. The van der Waals surface area contributed by atoms with Crippen molar-refractivity contribution in [3.8, 4) is 0 Å². The number of anilines is 1. The second-order valence-electron chi connectivity index (χ2n) is 6.23. The van der Waals surface area contributed by atoms with E-state index in [1.54, 1.807) is 30.3 Å². The topological polar surface area (TPSA) is 116 Å². The molecule has 0 spiro atoms. The molecule has 1 atom stereocenters. The van der Waals surface area contributed by atoms with Crippen LogP contribution in [0.25, 0.3) is 0 Å². The maximum Gasteiger partial charge on any atom is 0.375 e. The third kappa shape index (κ3) is 5.05. The quantitative estimate of drug-likeness (QED) is 0.434. The molecule has 2 heterocycles. The lowest BCUT2D eigenvalue weighted by Gasteiger charge is -2.13. The fourth-order valence-electron chi connectivity index (χ4n) is 2.53. The molecule has 3 rings (SSSR count). The van der Waals surface area contributed by atoms with Gasteiger partial charge in [-0.05, 0) is 37.3 Å². The number of hydrogen-bond acceptors (Lipinski definition) is 7. The van der Waals surface area contributed by atoms with Crippen LogP contribution in [-0.4, -0.2) is 31.4 Å². The maximum absolute atomic E-state index is 12.6. The highest BCUT2D eigenvalue weighted by Gasteiger charge is 2.26. The number of nitrogens with one attached hydrogen (secondary N) is 1. The third-order valence-electron chi connectivity index (χ3n) is 4.05. The molecule has 10 heteroatoms. The molecule has 1 unspecified atom stereocenters. The summed E-state index contributed by atoms with van der Waals surface area (Å²) >= 11 is 5.89. The first-order chi connectivity index (χ1) is 14.3. The Morgan fingerprint density at radius 1 is 1.17 bits per heavy atom. The molecular weight excluding hydrogens is 432 g/mol. The van der Waals surface area contributed by atoms with Crippen LogP contribution in [0.3, 0.4) is 0 Å². The summed E-state index contributed by atoms with van der Waals surface area (Å²) in [6.07, 6.45) is 1.45. The Hall–Kier alpha value is -3.17. The maximum atomic E-state index is 12.6. The Morgan fingerprint density at radius 2 is 1.90 bits per heavy atom. The fraction of sp³-hybridized carbons (Fsp3) is 0.150. The third-order valence-corrected chi connectivity index (χ3v) is 6.03. The Balaban J connectivity index is 1.69. The Kier molecular flexibility index (Phi) is 6.53. The van der Waals surface area contributed by atoms with Crippen LogP contribution in [-0.2, 0) is 25.1 Å². The summed E-state index contributed by atoms with van der Waals surface area (Å²) in [5.74, 6) is -2.33. The van der Waals surface area contributed by atoms with Gasteiger partial charge in [0.25, 0.3) is 5.91 Å². The average Bonchev–Trinajstić information content (AvgIpc) is 3.17. The molecule has 1 N–H and O–H groups in total. The van der Waals surface area contributed by atoms with Crippen molar-refractivity contribution >= 4 is 39.0 Å². The monoisotopic (exact) mass is 448 g/mol. The summed E-state index contributed by atoms with van der Waals surface area (Å²) in [6, 6.07) is 12.3. The summed E-state index contributed by atoms with van der Waals surface area (Å²) < 4.78 is 35.4. The summed E-state index contributed by atoms with van der Waals surface area (Å²) in [5.41, 5.74) is 0.395. The van der Waals surface area contributed by atoms with E-state index < -0.39 is 33.6 Å². The molecule has 0 aliphatic carbocycles. The lowest BCUT2D eigenvalue weighted by Crippen LogP contribution is -2.30. The number of furan rings is 1. The molecule has 30 heavy (non-hydrogen) atoms. The Labute approximate surface area is 177 Å². The second-order valence-corrected chi connectivity index (χ2v) is 8.57. The van der Waals surface area contributed by atoms with Crippen molar-refractivity contribution in [2.24, 2.45) is 0 Å². The van der Waals surface area contributed by atoms with Gasteiger partial charge in [-0.25, -0.2) is 18.2 Å². The van der Waals surface area contributed by atoms with E-state index in [-0.39, 0.29) is 27.1 Å². The van der Waals surface area contributed by atoms with Crippen molar-refractivity contribution in [1.82, 2.24) is 4.98 Å². The van der Waals surface area contributed by atoms with Crippen molar-refractivity contribution in [3.05, 3.63) is 77.5 Å². The van der Waals surface area contributed by atoms with Gasteiger partial charge in [0, 0.05) is 11.8 Å². The molecule has 1 aromatic carbocycles. The molecule has 3 aromatic rings. The SMILES string of the molecule is CC(OC(=O)c1occc1CS(=O)(=O)c1ccccc1)C(=O)Nc1cccnc1Cl. The van der Waals surface area contributed by atoms with Crippen LogP contribution >= 0.6 is 11.6 Å². The van der Waals surface area contributed by atoms with Crippen LogP contribution in [0.1, 0.15) is 23.0 Å². The fourth-order valence-corrected chi connectivity index (χ4v) is 4.07. The van der Waals surface area contributed by atoms with Crippen molar-refractivity contribution in [1.29, 1.82) is 0 Å². The number of nitrogens with zero attached hydrogens (tertiary/aromatic N) is 1. The number of esters is 1. The second kappa shape index (κ2) is 9.10. The number of sulfone groups is 1. The number of hydrogen-bond donors (Lipinski definition) is 1. The average molecular weight is 449 g/mol. The van der Waals surface area contributed by atoms with Crippen LogP contribution in [0.5, 0.6) is 0 Å². The summed E-state index contributed by atoms with van der Waals surface area (Å²) in [7, 11) is -3.70. The standard InChI is InChI=1S/C20H17ClN2O6S/c1-13(19(24)23-16-8-5-10-22-18(16)21)29-20(25)17-14(9-11-28-17)12-30(26,27)15-6-3-2-4-7-15/h2-11,13H,12H2,1H3,(H,23,24). The van der Waals surface area contributed by atoms with Gasteiger partial charge in [0.2, 0.25) is 5.76 Å². The molecule has 156 valence electrons. The predicted molar refractivity (Wildman–Crippen MR) is 109 cm³/mol. The predicted octanol–water partition coefficient (Wildman–Crippen LogP) is 3.49. The highest BCUT2D eigenvalue weighted by atomic mass is 35.5. The van der Waals surface area contributed by atoms with E-state index in [1.807, 2.05) is 0 Å². The number of carbonyl (C=O) groups excluding carboxylic acids is 2. The minimum Gasteiger partial charge on any atom is -0.457 e. The summed E-state index contributed by atoms with van der Waals surface area (Å²) in [4.78, 5) is 28.7. The van der Waals surface area contributed by atoms with Crippen LogP contribution < -0.4 is 5.32 Å². The normalized spacial score (nSPS) is 12.2. The van der Waals surface area contributed by atoms with Gasteiger partial charge in [0.1, 0.15) is 0 Å². The Bertz CT molecular complexity index is 1160. The van der Waals surface area contributed by atoms with Gasteiger partial charge in [0.15, 0.2) is 21.1 Å². The van der Waals surface area contributed by atoms with Crippen LogP contribution in [0, 0.1) is 0 Å². The highest BCUT2D eigenvalue weighted by Crippen LogP contribution is 2.22. The molecule has 0 fully saturated rings. The molecule has 8 nitrogen and oxygen atoms in total. The smallest absolute Gasteiger partial charge is 0.375 e. The van der Waals surface area contributed by atoms with Crippen molar-refractivity contribution in [2.45, 2.75) is 23.7 Å². The van der Waals surface area contributed by atoms with Gasteiger partial charge in [-0.15, -0.1) is 0 Å². The molecule has 0 bridgehead atoms. The van der Waals surface area contributed by atoms with E-state index >= 15 is 0 Å². The molecular formula is C20H17ClN2O6S. The number of rotatable bonds is 7. The van der Waals surface area contributed by atoms with E-state index in [9.17, 15) is 18.0 Å². The lowest BCUT2D eigenvalue weighted by molar-refractivity contribution is -0.123. The van der Waals surface area contributed by atoms with Crippen LogP contribution in [0.2, 0.25) is 5.15 Å². The molecule has 0 saturated carbocycles. The number of aromatic nitrogens is 1. The molecule has 0 radical (unpaired) electrons. The summed E-state index contributed by atoms with van der Waals surface area (Å²) in [5, 5.41) is 2.58. The molecule has 0 aliphatic heterocycles. The van der Waals surface area contributed by atoms with Gasteiger partial charge in [-0.3, -0.25) is 4.79 Å². The lowest BCUT2D eigenvalue weighted by atomic mass is 10.3. The van der Waals surface area contributed by atoms with Gasteiger partial charge in [-0.1, -0.05) is 29.8 Å². The largest absolute Gasteiger partial charge is 0.457 e. The van der Waals surface area contributed by atoms with Crippen molar-refractivity contribution < 1.29 is 27.2 Å². The highest BCUT2D eigenvalue weighted by molar-refractivity contribution is 7.90. The number of benzene rings is 1. The minimum atomic E-state index is -3.70. The molecule has 1 amide bonds. The van der Waals surface area contributed by atoms with E-state index in [0.29, 0.717) is 0 Å².